The number of aryl methyl sites for hydroxylation is 1. The first-order valence-corrected chi connectivity index (χ1v) is 8.83. The van der Waals surface area contributed by atoms with Crippen LogP contribution in [0.2, 0.25) is 0 Å². The fourth-order valence-corrected chi connectivity index (χ4v) is 3.36. The molecule has 25 heavy (non-hydrogen) atoms. The van der Waals surface area contributed by atoms with E-state index in [1.54, 1.807) is 11.9 Å². The second-order valence-electron chi connectivity index (χ2n) is 6.85. The largest absolute Gasteiger partial charge is 0.491 e. The number of fused-ring (bicyclic) bond motifs is 1. The highest BCUT2D eigenvalue weighted by Gasteiger charge is 2.23. The van der Waals surface area contributed by atoms with E-state index in [9.17, 15) is 4.79 Å². The zero-order valence-corrected chi connectivity index (χ0v) is 15.4. The molecule has 0 fully saturated rings. The quantitative estimate of drug-likeness (QED) is 0.886. The number of benzene rings is 2. The molecule has 0 spiro atoms. The fourth-order valence-electron chi connectivity index (χ4n) is 3.36. The lowest BCUT2D eigenvalue weighted by molar-refractivity contribution is 0.189. The third-order valence-corrected chi connectivity index (χ3v) is 4.74. The summed E-state index contributed by atoms with van der Waals surface area (Å²) in [6.45, 7) is 8.16. The molecule has 1 N–H and O–H groups in total. The topological polar surface area (TPSA) is 41.6 Å². The smallest absolute Gasteiger partial charge is 0.317 e. The maximum absolute atomic E-state index is 12.1. The molecule has 132 valence electrons. The van der Waals surface area contributed by atoms with Gasteiger partial charge >= 0.3 is 6.03 Å². The normalized spacial score (nSPS) is 13.9. The molecule has 0 radical (unpaired) electrons. The first kappa shape index (κ1) is 17.3. The predicted molar refractivity (Wildman–Crippen MR) is 101 cm³/mol. The molecule has 0 atom stereocenters. The van der Waals surface area contributed by atoms with E-state index in [1.807, 2.05) is 0 Å². The van der Waals surface area contributed by atoms with Crippen LogP contribution in [0.3, 0.4) is 0 Å². The van der Waals surface area contributed by atoms with Crippen LogP contribution in [0.4, 0.5) is 4.79 Å². The van der Waals surface area contributed by atoms with E-state index in [4.69, 9.17) is 4.74 Å². The molecule has 0 saturated heterocycles. The van der Waals surface area contributed by atoms with E-state index < -0.39 is 0 Å². The average molecular weight is 338 g/mol. The summed E-state index contributed by atoms with van der Waals surface area (Å²) in [6, 6.07) is 12.7. The maximum atomic E-state index is 12.1. The molecule has 0 aromatic heterocycles. The molecule has 2 aromatic carbocycles. The fraction of sp³-hybridized carbons (Fsp3) is 0.381. The number of ether oxygens (including phenoxy) is 1. The van der Waals surface area contributed by atoms with Crippen LogP contribution < -0.4 is 10.1 Å². The van der Waals surface area contributed by atoms with Gasteiger partial charge in [-0.3, -0.25) is 0 Å². The van der Waals surface area contributed by atoms with Gasteiger partial charge in [0.05, 0.1) is 13.1 Å². The Morgan fingerprint density at radius 3 is 2.68 bits per heavy atom. The van der Waals surface area contributed by atoms with Gasteiger partial charge in [0.25, 0.3) is 0 Å². The Bertz CT molecular complexity index is 783. The summed E-state index contributed by atoms with van der Waals surface area (Å²) in [7, 11) is 1.66. The monoisotopic (exact) mass is 338 g/mol. The van der Waals surface area contributed by atoms with Crippen LogP contribution >= 0.6 is 0 Å². The van der Waals surface area contributed by atoms with Crippen molar-refractivity contribution in [2.24, 2.45) is 0 Å². The molecule has 0 saturated carbocycles. The van der Waals surface area contributed by atoms with Crippen molar-refractivity contribution in [2.45, 2.75) is 33.2 Å². The van der Waals surface area contributed by atoms with Gasteiger partial charge in [-0.25, -0.2) is 4.79 Å². The molecule has 3 rings (SSSR count). The summed E-state index contributed by atoms with van der Waals surface area (Å²) < 4.78 is 6.07. The van der Waals surface area contributed by atoms with Gasteiger partial charge in [0.2, 0.25) is 0 Å². The van der Waals surface area contributed by atoms with Crippen LogP contribution in [0, 0.1) is 6.92 Å². The number of nitrogens with zero attached hydrogens (tertiary/aromatic N) is 1. The van der Waals surface area contributed by atoms with Crippen LogP contribution in [0.1, 0.15) is 36.5 Å². The Morgan fingerprint density at radius 2 is 2.00 bits per heavy atom. The van der Waals surface area contributed by atoms with E-state index in [2.05, 4.69) is 62.5 Å². The Balaban J connectivity index is 2.12. The van der Waals surface area contributed by atoms with E-state index in [0.717, 1.165) is 11.3 Å². The maximum Gasteiger partial charge on any atom is 0.317 e. The predicted octanol–water partition coefficient (Wildman–Crippen LogP) is 4.32. The van der Waals surface area contributed by atoms with Gasteiger partial charge in [0.1, 0.15) is 12.4 Å². The van der Waals surface area contributed by atoms with E-state index in [-0.39, 0.29) is 6.03 Å². The lowest BCUT2D eigenvalue weighted by atomic mass is 9.91. The van der Waals surface area contributed by atoms with E-state index >= 15 is 0 Å². The number of hydrogen-bond donors (Lipinski definition) is 1. The minimum atomic E-state index is -0.0659. The summed E-state index contributed by atoms with van der Waals surface area (Å²) in [6.07, 6.45) is 0. The minimum Gasteiger partial charge on any atom is -0.491 e. The van der Waals surface area contributed by atoms with Crippen molar-refractivity contribution in [1.29, 1.82) is 0 Å². The van der Waals surface area contributed by atoms with Crippen LogP contribution in [-0.2, 0) is 6.54 Å². The van der Waals surface area contributed by atoms with Gasteiger partial charge in [-0.15, -0.1) is 0 Å². The van der Waals surface area contributed by atoms with E-state index in [0.29, 0.717) is 25.6 Å². The van der Waals surface area contributed by atoms with Gasteiger partial charge in [-0.05, 0) is 47.2 Å². The van der Waals surface area contributed by atoms with Crippen molar-refractivity contribution in [1.82, 2.24) is 10.2 Å². The molecule has 2 aromatic rings. The SMILES string of the molecule is CNC(=O)N1CCOc2c(cc(-c3ccccc3C)cc2C(C)C)C1. The molecular formula is C21H26N2O2. The second-order valence-corrected chi connectivity index (χ2v) is 6.85. The highest BCUT2D eigenvalue weighted by Crippen LogP contribution is 2.37. The van der Waals surface area contributed by atoms with E-state index in [1.165, 1.54) is 22.3 Å². The Morgan fingerprint density at radius 1 is 1.24 bits per heavy atom. The van der Waals surface area contributed by atoms with Gasteiger partial charge in [0, 0.05) is 12.6 Å². The number of carbonyl (C=O) groups is 1. The lowest BCUT2D eigenvalue weighted by Crippen LogP contribution is -2.38. The number of hydrogen-bond acceptors (Lipinski definition) is 2. The molecule has 1 aliphatic rings. The van der Waals surface area contributed by atoms with Crippen LogP contribution in [0.25, 0.3) is 11.1 Å². The zero-order chi connectivity index (χ0) is 18.0. The van der Waals surface area contributed by atoms with Crippen molar-refractivity contribution >= 4 is 6.03 Å². The van der Waals surface area contributed by atoms with Crippen LogP contribution in [-0.4, -0.2) is 31.1 Å². The van der Waals surface area contributed by atoms with Crippen molar-refractivity contribution < 1.29 is 9.53 Å². The van der Waals surface area contributed by atoms with Gasteiger partial charge < -0.3 is 15.0 Å². The first-order valence-electron chi connectivity index (χ1n) is 8.83. The molecular weight excluding hydrogens is 312 g/mol. The minimum absolute atomic E-state index is 0.0659. The molecule has 4 nitrogen and oxygen atoms in total. The molecule has 4 heteroatoms. The van der Waals surface area contributed by atoms with Crippen LogP contribution in [0.5, 0.6) is 5.75 Å². The molecule has 1 heterocycles. The first-order chi connectivity index (χ1) is 12.0. The van der Waals surface area contributed by atoms with Crippen molar-refractivity contribution in [2.75, 3.05) is 20.2 Å². The van der Waals surface area contributed by atoms with Crippen molar-refractivity contribution in [3.63, 3.8) is 0 Å². The van der Waals surface area contributed by atoms with Gasteiger partial charge in [-0.2, -0.15) is 0 Å². The highest BCUT2D eigenvalue weighted by atomic mass is 16.5. The number of amides is 2. The second kappa shape index (κ2) is 7.18. The third kappa shape index (κ3) is 3.48. The molecule has 0 bridgehead atoms. The van der Waals surface area contributed by atoms with Gasteiger partial charge in [0.15, 0.2) is 0 Å². The Hall–Kier alpha value is -2.49. The Labute approximate surface area is 149 Å². The lowest BCUT2D eigenvalue weighted by Gasteiger charge is -2.20. The third-order valence-electron chi connectivity index (χ3n) is 4.74. The van der Waals surface area contributed by atoms with Gasteiger partial charge in [-0.1, -0.05) is 38.1 Å². The average Bonchev–Trinajstić information content (AvgIpc) is 2.82. The number of nitrogens with one attached hydrogen (secondary N) is 1. The van der Waals surface area contributed by atoms with Crippen LogP contribution in [0.15, 0.2) is 36.4 Å². The molecule has 2 amide bonds. The number of carbonyl (C=O) groups excluding carboxylic acids is 1. The Kier molecular flexibility index (Phi) is 4.98. The summed E-state index contributed by atoms with van der Waals surface area (Å²) in [5.41, 5.74) is 5.93. The number of rotatable bonds is 2. The summed E-state index contributed by atoms with van der Waals surface area (Å²) >= 11 is 0. The summed E-state index contributed by atoms with van der Waals surface area (Å²) in [4.78, 5) is 13.9. The molecule has 1 aliphatic heterocycles. The molecule has 0 unspecified atom stereocenters. The standard InChI is InChI=1S/C21H26N2O2/c1-14(2)19-12-16(18-8-6-5-7-15(18)3)11-17-13-23(21(24)22-4)9-10-25-20(17)19/h5-8,11-12,14H,9-10,13H2,1-4H3,(H,22,24). The summed E-state index contributed by atoms with van der Waals surface area (Å²) in [5.74, 6) is 1.29. The zero-order valence-electron chi connectivity index (χ0n) is 15.4. The highest BCUT2D eigenvalue weighted by molar-refractivity contribution is 5.75. The van der Waals surface area contributed by atoms with Crippen molar-refractivity contribution in [3.8, 4) is 16.9 Å². The molecule has 0 aliphatic carbocycles. The number of urea groups is 1. The van der Waals surface area contributed by atoms with Crippen molar-refractivity contribution in [3.05, 3.63) is 53.1 Å². The summed E-state index contributed by atoms with van der Waals surface area (Å²) in [5, 5.41) is 2.72.